The molecule has 5 aliphatic rings. The Kier molecular flexibility index (Phi) is 9.06. The summed E-state index contributed by atoms with van der Waals surface area (Å²) < 4.78 is 0. The molecular formula is C46H69N2Si2. The van der Waals surface area contributed by atoms with Crippen LogP contribution in [-0.4, -0.2) is 32.1 Å². The smallest absolute Gasteiger partial charge is 0.141 e. The van der Waals surface area contributed by atoms with Crippen LogP contribution in [-0.2, 0) is 5.04 Å². The van der Waals surface area contributed by atoms with Gasteiger partial charge in [0.05, 0.1) is 11.2 Å². The zero-order valence-electron chi connectivity index (χ0n) is 34.1. The monoisotopic (exact) mass is 705 g/mol. The van der Waals surface area contributed by atoms with E-state index in [1.165, 1.54) is 93.9 Å². The third kappa shape index (κ3) is 5.17. The van der Waals surface area contributed by atoms with Gasteiger partial charge in [-0.15, -0.1) is 0 Å². The predicted molar refractivity (Wildman–Crippen MR) is 222 cm³/mol. The Morgan fingerprint density at radius 2 is 1.14 bits per heavy atom. The highest BCUT2D eigenvalue weighted by molar-refractivity contribution is 7.61. The Morgan fingerprint density at radius 3 is 1.68 bits per heavy atom. The standard InChI is InChI=1S/C46H69N2Si2/c1-31(2)34-21-19-22-35(32(3)4)38(34)47-41-46(27-17-14-18-28-46)30-43(9,10)50(41)44(11,12)37-24-20-23-36(33(5)6)39(37)49(50)40-45(25-15-13-16-26-45)29-42(7,8)48-40/h19-24,31-33H,13-18,25-30H2,1-12H3. The minimum Gasteiger partial charge on any atom is -0.292 e. The van der Waals surface area contributed by atoms with Crippen LogP contribution in [0.25, 0.3) is 0 Å². The first-order valence-corrected chi connectivity index (χ1v) is 25.3. The van der Waals surface area contributed by atoms with E-state index in [0.717, 1.165) is 0 Å². The highest BCUT2D eigenvalue weighted by Gasteiger charge is 2.79. The quantitative estimate of drug-likeness (QED) is 0.277. The molecule has 2 aromatic carbocycles. The molecule has 0 amide bonds. The van der Waals surface area contributed by atoms with Crippen molar-refractivity contribution in [2.24, 2.45) is 20.8 Å². The number of fused-ring (bicyclic) bond motifs is 1. The van der Waals surface area contributed by atoms with Gasteiger partial charge in [0, 0.05) is 21.5 Å². The lowest BCUT2D eigenvalue weighted by Gasteiger charge is -2.52. The van der Waals surface area contributed by atoms with Crippen LogP contribution in [0.4, 0.5) is 5.69 Å². The molecule has 50 heavy (non-hydrogen) atoms. The molecule has 3 aliphatic heterocycles. The van der Waals surface area contributed by atoms with Crippen LogP contribution in [0.3, 0.4) is 0 Å². The maximum Gasteiger partial charge on any atom is 0.141 e. The average Bonchev–Trinajstić information content (AvgIpc) is 3.50. The lowest BCUT2D eigenvalue weighted by Crippen LogP contribution is -2.74. The summed E-state index contributed by atoms with van der Waals surface area (Å²) >= 11 is 0. The Hall–Kier alpha value is -1.79. The van der Waals surface area contributed by atoms with Crippen molar-refractivity contribution >= 4 is 37.4 Å². The molecule has 0 N–H and O–H groups in total. The second-order valence-corrected chi connectivity index (χ2v) is 30.5. The number of aliphatic imine (C=N–C) groups is 2. The molecule has 2 aliphatic carbocycles. The van der Waals surface area contributed by atoms with E-state index in [1.54, 1.807) is 27.0 Å². The van der Waals surface area contributed by atoms with E-state index in [9.17, 15) is 0 Å². The molecule has 1 unspecified atom stereocenters. The van der Waals surface area contributed by atoms with E-state index in [4.69, 9.17) is 9.98 Å². The van der Waals surface area contributed by atoms with Crippen LogP contribution in [0.5, 0.6) is 0 Å². The van der Waals surface area contributed by atoms with Gasteiger partial charge in [0.25, 0.3) is 0 Å². The van der Waals surface area contributed by atoms with Gasteiger partial charge in [-0.3, -0.25) is 9.98 Å². The van der Waals surface area contributed by atoms with Crippen LogP contribution in [0.2, 0.25) is 5.04 Å². The molecular weight excluding hydrogens is 637 g/mol. The predicted octanol–water partition coefficient (Wildman–Crippen LogP) is 12.7. The van der Waals surface area contributed by atoms with Gasteiger partial charge in [0.1, 0.15) is 15.9 Å². The molecule has 3 heterocycles. The maximum absolute atomic E-state index is 6.50. The number of para-hydroxylation sites is 1. The zero-order valence-corrected chi connectivity index (χ0v) is 36.1. The largest absolute Gasteiger partial charge is 0.292 e. The molecule has 3 fully saturated rings. The highest BCUT2D eigenvalue weighted by Crippen LogP contribution is 2.70. The Balaban J connectivity index is 1.66. The Bertz CT molecular complexity index is 1670. The van der Waals surface area contributed by atoms with E-state index in [1.807, 2.05) is 0 Å². The first-order valence-electron chi connectivity index (χ1n) is 20.8. The summed E-state index contributed by atoms with van der Waals surface area (Å²) in [6, 6.07) is 14.7. The van der Waals surface area contributed by atoms with Crippen molar-refractivity contribution in [1.29, 1.82) is 0 Å². The van der Waals surface area contributed by atoms with Gasteiger partial charge >= 0.3 is 0 Å². The van der Waals surface area contributed by atoms with Crippen LogP contribution < -0.4 is 5.19 Å². The summed E-state index contributed by atoms with van der Waals surface area (Å²) in [5.41, 5.74) is 8.06. The number of hydrogen-bond donors (Lipinski definition) is 0. The molecule has 2 nitrogen and oxygen atoms in total. The molecule has 271 valence electrons. The van der Waals surface area contributed by atoms with E-state index in [2.05, 4.69) is 119 Å². The van der Waals surface area contributed by atoms with Crippen LogP contribution >= 0.6 is 0 Å². The molecule has 7 rings (SSSR count). The minimum absolute atomic E-state index is 0.0111. The van der Waals surface area contributed by atoms with E-state index >= 15 is 0 Å². The fourth-order valence-corrected chi connectivity index (χ4v) is 34.2. The summed E-state index contributed by atoms with van der Waals surface area (Å²) in [7, 11) is -3.83. The fourth-order valence-electron chi connectivity index (χ4n) is 13.2. The highest BCUT2D eigenvalue weighted by atomic mass is 29.2. The van der Waals surface area contributed by atoms with Gasteiger partial charge in [-0.25, -0.2) is 0 Å². The molecule has 1 saturated heterocycles. The molecule has 4 heteroatoms. The lowest BCUT2D eigenvalue weighted by atomic mass is 9.70. The van der Waals surface area contributed by atoms with Gasteiger partial charge in [-0.1, -0.05) is 149 Å². The van der Waals surface area contributed by atoms with Crippen LogP contribution in [0.15, 0.2) is 46.4 Å². The summed E-state index contributed by atoms with van der Waals surface area (Å²) in [6.07, 6.45) is 16.1. The fraction of sp³-hybridized carbons (Fsp3) is 0.696. The first-order chi connectivity index (χ1) is 23.4. The Labute approximate surface area is 309 Å². The molecule has 3 spiro atoms. The summed E-state index contributed by atoms with van der Waals surface area (Å²) in [4.78, 5) is 12.6. The normalized spacial score (nSPS) is 28.5. The lowest BCUT2D eigenvalue weighted by molar-refractivity contribution is 0.248. The molecule has 0 aromatic heterocycles. The van der Waals surface area contributed by atoms with E-state index in [-0.39, 0.29) is 26.4 Å². The minimum atomic E-state index is -2.54. The SMILES string of the molecule is CC(C)c1cccc(C(C)C)c1N=C1C2(CCCCC2)CC(C)(C)[Si]12[Si](C1=NC(C)(C)CC13CCCCC3)c1c(C(C)C)cccc1C2(C)C. The topological polar surface area (TPSA) is 24.7 Å². The first kappa shape index (κ1) is 36.6. The van der Waals surface area contributed by atoms with Crippen molar-refractivity contribution < 1.29 is 0 Å². The second-order valence-electron chi connectivity index (χ2n) is 20.4. The van der Waals surface area contributed by atoms with Gasteiger partial charge in [-0.2, -0.15) is 0 Å². The number of hydrogen-bond acceptors (Lipinski definition) is 2. The van der Waals surface area contributed by atoms with Crippen molar-refractivity contribution in [2.45, 2.75) is 194 Å². The van der Waals surface area contributed by atoms with Gasteiger partial charge in [0.15, 0.2) is 0 Å². The van der Waals surface area contributed by atoms with Crippen molar-refractivity contribution in [2.75, 3.05) is 0 Å². The number of rotatable bonds is 5. The number of benzene rings is 2. The van der Waals surface area contributed by atoms with Crippen molar-refractivity contribution in [1.82, 2.24) is 0 Å². The third-order valence-corrected chi connectivity index (χ3v) is 31.7. The van der Waals surface area contributed by atoms with Gasteiger partial charge < -0.3 is 0 Å². The van der Waals surface area contributed by atoms with Gasteiger partial charge in [0.2, 0.25) is 0 Å². The summed E-state index contributed by atoms with van der Waals surface area (Å²) in [6.45, 7) is 30.5. The van der Waals surface area contributed by atoms with Crippen LogP contribution in [0.1, 0.15) is 200 Å². The number of nitrogens with zero attached hydrogens (tertiary/aromatic N) is 2. The molecule has 1 radical (unpaired) electrons. The summed E-state index contributed by atoms with van der Waals surface area (Å²) in [5.74, 6) is 1.39. The molecule has 1 atom stereocenters. The van der Waals surface area contributed by atoms with Crippen molar-refractivity contribution in [3.05, 3.63) is 58.7 Å². The third-order valence-electron chi connectivity index (χ3n) is 14.7. The Morgan fingerprint density at radius 1 is 0.640 bits per heavy atom. The van der Waals surface area contributed by atoms with E-state index < -0.39 is 15.9 Å². The van der Waals surface area contributed by atoms with Crippen molar-refractivity contribution in [3.8, 4) is 0 Å². The second kappa shape index (κ2) is 12.4. The zero-order chi connectivity index (χ0) is 36.1. The summed E-state index contributed by atoms with van der Waals surface area (Å²) in [5, 5.41) is 5.59. The van der Waals surface area contributed by atoms with Crippen molar-refractivity contribution in [3.63, 3.8) is 0 Å². The molecule has 0 bridgehead atoms. The maximum atomic E-state index is 6.50. The van der Waals surface area contributed by atoms with E-state index in [0.29, 0.717) is 17.8 Å². The average molecular weight is 706 g/mol. The van der Waals surface area contributed by atoms with Gasteiger partial charge in [-0.05, 0) is 102 Å². The molecule has 2 saturated carbocycles. The molecule has 2 aromatic rings. The van der Waals surface area contributed by atoms with Crippen LogP contribution in [0, 0.1) is 10.8 Å².